The van der Waals surface area contributed by atoms with Gasteiger partial charge < -0.3 is 10.4 Å². The summed E-state index contributed by atoms with van der Waals surface area (Å²) in [7, 11) is 0. The molecule has 0 spiro atoms. The SMILES string of the molecule is O=C(NC1CCCCC1O)c1ccn(-c2cccc(Cl)c2)n1. The number of amides is 1. The predicted octanol–water partition coefficient (Wildman–Crippen LogP) is 2.56. The van der Waals surface area contributed by atoms with Crippen LogP contribution in [0.2, 0.25) is 5.02 Å². The summed E-state index contributed by atoms with van der Waals surface area (Å²) in [5.41, 5.74) is 1.13. The molecular formula is C16H18ClN3O2. The number of aliphatic hydroxyl groups is 1. The molecule has 1 saturated carbocycles. The molecule has 6 heteroatoms. The van der Waals surface area contributed by atoms with E-state index in [4.69, 9.17) is 11.6 Å². The number of carbonyl (C=O) groups excluding carboxylic acids is 1. The molecule has 1 fully saturated rings. The highest BCUT2D eigenvalue weighted by molar-refractivity contribution is 6.30. The summed E-state index contributed by atoms with van der Waals surface area (Å²) < 4.78 is 1.61. The molecule has 2 aromatic rings. The Balaban J connectivity index is 1.71. The fourth-order valence-electron chi connectivity index (χ4n) is 2.73. The summed E-state index contributed by atoms with van der Waals surface area (Å²) in [5.74, 6) is -0.258. The minimum Gasteiger partial charge on any atom is -0.391 e. The van der Waals surface area contributed by atoms with Crippen LogP contribution in [-0.2, 0) is 0 Å². The molecule has 1 heterocycles. The number of aromatic nitrogens is 2. The topological polar surface area (TPSA) is 67.2 Å². The van der Waals surface area contributed by atoms with Crippen molar-refractivity contribution >= 4 is 17.5 Å². The monoisotopic (exact) mass is 319 g/mol. The Morgan fingerprint density at radius 3 is 2.91 bits per heavy atom. The van der Waals surface area contributed by atoms with Gasteiger partial charge in [-0.3, -0.25) is 4.79 Å². The van der Waals surface area contributed by atoms with Crippen LogP contribution in [0.25, 0.3) is 5.69 Å². The van der Waals surface area contributed by atoms with Gasteiger partial charge >= 0.3 is 0 Å². The lowest BCUT2D eigenvalue weighted by Crippen LogP contribution is -2.45. The molecule has 1 aromatic heterocycles. The zero-order valence-corrected chi connectivity index (χ0v) is 12.8. The van der Waals surface area contributed by atoms with Crippen molar-refractivity contribution in [2.45, 2.75) is 37.8 Å². The van der Waals surface area contributed by atoms with Crippen molar-refractivity contribution in [2.75, 3.05) is 0 Å². The fraction of sp³-hybridized carbons (Fsp3) is 0.375. The first kappa shape index (κ1) is 15.1. The highest BCUT2D eigenvalue weighted by Gasteiger charge is 2.25. The van der Waals surface area contributed by atoms with E-state index in [1.54, 1.807) is 29.1 Å². The number of halogens is 1. The van der Waals surface area contributed by atoms with E-state index >= 15 is 0 Å². The van der Waals surface area contributed by atoms with Crippen molar-refractivity contribution in [3.05, 3.63) is 47.2 Å². The van der Waals surface area contributed by atoms with Gasteiger partial charge in [0.1, 0.15) is 0 Å². The fourth-order valence-corrected chi connectivity index (χ4v) is 2.91. The van der Waals surface area contributed by atoms with Crippen LogP contribution < -0.4 is 5.32 Å². The number of nitrogens with zero attached hydrogens (tertiary/aromatic N) is 2. The molecule has 1 amide bonds. The van der Waals surface area contributed by atoms with E-state index in [0.717, 1.165) is 31.4 Å². The summed E-state index contributed by atoms with van der Waals surface area (Å²) >= 11 is 5.96. The summed E-state index contributed by atoms with van der Waals surface area (Å²) in [5, 5.41) is 17.7. The largest absolute Gasteiger partial charge is 0.391 e. The van der Waals surface area contributed by atoms with E-state index in [0.29, 0.717) is 10.7 Å². The Labute approximate surface area is 133 Å². The van der Waals surface area contributed by atoms with Gasteiger partial charge in [0.15, 0.2) is 5.69 Å². The molecule has 2 unspecified atom stereocenters. The minimum atomic E-state index is -0.465. The molecule has 2 N–H and O–H groups in total. The van der Waals surface area contributed by atoms with E-state index < -0.39 is 6.10 Å². The standard InChI is InChI=1S/C16H18ClN3O2/c17-11-4-3-5-12(10-11)20-9-8-14(19-20)16(22)18-13-6-1-2-7-15(13)21/h3-5,8-10,13,15,21H,1-2,6-7H2,(H,18,22). The molecule has 22 heavy (non-hydrogen) atoms. The predicted molar refractivity (Wildman–Crippen MR) is 84.3 cm³/mol. The number of nitrogens with one attached hydrogen (secondary N) is 1. The Kier molecular flexibility index (Phi) is 4.45. The number of aliphatic hydroxyl groups excluding tert-OH is 1. The van der Waals surface area contributed by atoms with Crippen molar-refractivity contribution in [2.24, 2.45) is 0 Å². The smallest absolute Gasteiger partial charge is 0.272 e. The lowest BCUT2D eigenvalue weighted by molar-refractivity contribution is 0.0713. The first-order valence-corrected chi connectivity index (χ1v) is 7.82. The number of hydrogen-bond acceptors (Lipinski definition) is 3. The van der Waals surface area contributed by atoms with Crippen molar-refractivity contribution < 1.29 is 9.90 Å². The van der Waals surface area contributed by atoms with Crippen LogP contribution >= 0.6 is 11.6 Å². The molecule has 0 radical (unpaired) electrons. The third-order valence-electron chi connectivity index (χ3n) is 3.94. The van der Waals surface area contributed by atoms with Gasteiger partial charge in [-0.1, -0.05) is 30.5 Å². The molecule has 3 rings (SSSR count). The molecule has 0 saturated heterocycles. The maximum Gasteiger partial charge on any atom is 0.272 e. The second-order valence-corrected chi connectivity index (χ2v) is 5.99. The average Bonchev–Trinajstić information content (AvgIpc) is 2.99. The summed E-state index contributed by atoms with van der Waals surface area (Å²) in [4.78, 5) is 12.2. The van der Waals surface area contributed by atoms with E-state index in [1.807, 2.05) is 12.1 Å². The van der Waals surface area contributed by atoms with Gasteiger partial charge in [-0.15, -0.1) is 0 Å². The molecule has 0 aliphatic heterocycles. The van der Waals surface area contributed by atoms with Gasteiger partial charge in [0, 0.05) is 11.2 Å². The van der Waals surface area contributed by atoms with Gasteiger partial charge in [0.05, 0.1) is 17.8 Å². The van der Waals surface area contributed by atoms with Gasteiger partial charge in [0.2, 0.25) is 0 Å². The number of benzene rings is 1. The normalized spacial score (nSPS) is 21.5. The molecule has 116 valence electrons. The van der Waals surface area contributed by atoms with Gasteiger partial charge in [-0.05, 0) is 37.1 Å². The van der Waals surface area contributed by atoms with Crippen LogP contribution in [0.3, 0.4) is 0 Å². The van der Waals surface area contributed by atoms with Crippen molar-refractivity contribution in [3.8, 4) is 5.69 Å². The van der Waals surface area contributed by atoms with Gasteiger partial charge in [0.25, 0.3) is 5.91 Å². The highest BCUT2D eigenvalue weighted by Crippen LogP contribution is 2.19. The number of hydrogen-bond donors (Lipinski definition) is 2. The maximum atomic E-state index is 12.2. The maximum absolute atomic E-state index is 12.2. The second-order valence-electron chi connectivity index (χ2n) is 5.56. The zero-order valence-electron chi connectivity index (χ0n) is 12.1. The summed E-state index contributed by atoms with van der Waals surface area (Å²) in [6.45, 7) is 0. The van der Waals surface area contributed by atoms with Crippen LogP contribution in [0.5, 0.6) is 0 Å². The van der Waals surface area contributed by atoms with Crippen LogP contribution in [0, 0.1) is 0 Å². The molecule has 2 atom stereocenters. The van der Waals surface area contributed by atoms with E-state index in [9.17, 15) is 9.90 Å². The molecule has 0 bridgehead atoms. The van der Waals surface area contributed by atoms with Gasteiger partial charge in [-0.25, -0.2) is 4.68 Å². The van der Waals surface area contributed by atoms with E-state index in [2.05, 4.69) is 10.4 Å². The molecule has 1 aliphatic rings. The van der Waals surface area contributed by atoms with E-state index in [-0.39, 0.29) is 11.9 Å². The summed E-state index contributed by atoms with van der Waals surface area (Å²) in [6, 6.07) is 8.74. The van der Waals surface area contributed by atoms with Crippen LogP contribution in [-0.4, -0.2) is 32.9 Å². The Morgan fingerprint density at radius 2 is 2.14 bits per heavy atom. The van der Waals surface area contributed by atoms with Crippen LogP contribution in [0.1, 0.15) is 36.2 Å². The van der Waals surface area contributed by atoms with Gasteiger partial charge in [-0.2, -0.15) is 5.10 Å². The minimum absolute atomic E-state index is 0.183. The first-order valence-electron chi connectivity index (χ1n) is 7.44. The molecule has 1 aliphatic carbocycles. The molecular weight excluding hydrogens is 302 g/mol. The Hall–Kier alpha value is -1.85. The third-order valence-corrected chi connectivity index (χ3v) is 4.18. The summed E-state index contributed by atoms with van der Waals surface area (Å²) in [6.07, 6.45) is 4.84. The molecule has 1 aromatic carbocycles. The highest BCUT2D eigenvalue weighted by atomic mass is 35.5. The lowest BCUT2D eigenvalue weighted by atomic mass is 9.92. The Morgan fingerprint density at radius 1 is 1.32 bits per heavy atom. The van der Waals surface area contributed by atoms with Crippen molar-refractivity contribution in [1.29, 1.82) is 0 Å². The molecule has 5 nitrogen and oxygen atoms in total. The van der Waals surface area contributed by atoms with Crippen molar-refractivity contribution in [1.82, 2.24) is 15.1 Å². The third kappa shape index (κ3) is 3.31. The van der Waals surface area contributed by atoms with Crippen molar-refractivity contribution in [3.63, 3.8) is 0 Å². The number of rotatable bonds is 3. The zero-order chi connectivity index (χ0) is 15.5. The average molecular weight is 320 g/mol. The first-order chi connectivity index (χ1) is 10.6. The lowest BCUT2D eigenvalue weighted by Gasteiger charge is -2.27. The second kappa shape index (κ2) is 6.50. The Bertz CT molecular complexity index is 671. The van der Waals surface area contributed by atoms with Crippen LogP contribution in [0.4, 0.5) is 0 Å². The quantitative estimate of drug-likeness (QED) is 0.913. The number of carbonyl (C=O) groups is 1. The van der Waals surface area contributed by atoms with E-state index in [1.165, 1.54) is 0 Å². The van der Waals surface area contributed by atoms with Crippen LogP contribution in [0.15, 0.2) is 36.5 Å².